The second kappa shape index (κ2) is 8.56. The summed E-state index contributed by atoms with van der Waals surface area (Å²) in [7, 11) is 8.00. The number of amides is 1. The maximum absolute atomic E-state index is 12.4. The quantitative estimate of drug-likeness (QED) is 0.820. The third kappa shape index (κ3) is 5.11. The Labute approximate surface area is 159 Å². The number of halogens is 2. The summed E-state index contributed by atoms with van der Waals surface area (Å²) in [4.78, 5) is 16.5. The van der Waals surface area contributed by atoms with Gasteiger partial charge in [-0.2, -0.15) is 0 Å². The maximum Gasteiger partial charge on any atom is 0.252 e. The lowest BCUT2D eigenvalue weighted by atomic mass is 10.0. The SMILES string of the molecule is CN(C)c1ccc([C@H](CNC(=O)c2ccc(Cl)cc2Cl)N(C)C)cc1. The van der Waals surface area contributed by atoms with Gasteiger partial charge in [0.25, 0.3) is 5.91 Å². The third-order valence-electron chi connectivity index (χ3n) is 4.05. The van der Waals surface area contributed by atoms with Crippen LogP contribution >= 0.6 is 23.2 Å². The van der Waals surface area contributed by atoms with Crippen LogP contribution in [0.5, 0.6) is 0 Å². The number of rotatable bonds is 6. The van der Waals surface area contributed by atoms with Crippen LogP contribution in [0.3, 0.4) is 0 Å². The van der Waals surface area contributed by atoms with E-state index in [2.05, 4.69) is 39.4 Å². The van der Waals surface area contributed by atoms with Crippen molar-refractivity contribution in [3.05, 3.63) is 63.6 Å². The molecule has 2 aromatic carbocycles. The molecule has 0 saturated heterocycles. The maximum atomic E-state index is 12.4. The Balaban J connectivity index is 2.10. The summed E-state index contributed by atoms with van der Waals surface area (Å²) in [6.07, 6.45) is 0. The van der Waals surface area contributed by atoms with E-state index in [1.807, 2.05) is 28.2 Å². The van der Waals surface area contributed by atoms with Crippen molar-refractivity contribution < 1.29 is 4.79 Å². The average Bonchev–Trinajstić information content (AvgIpc) is 2.55. The highest BCUT2D eigenvalue weighted by atomic mass is 35.5. The molecule has 2 aromatic rings. The molecule has 0 fully saturated rings. The summed E-state index contributed by atoms with van der Waals surface area (Å²) in [5.41, 5.74) is 2.70. The van der Waals surface area contributed by atoms with Crippen LogP contribution in [0, 0.1) is 0 Å². The van der Waals surface area contributed by atoms with E-state index in [1.54, 1.807) is 18.2 Å². The first-order valence-electron chi connectivity index (χ1n) is 7.96. The van der Waals surface area contributed by atoms with Crippen molar-refractivity contribution >= 4 is 34.8 Å². The number of nitrogens with zero attached hydrogens (tertiary/aromatic N) is 2. The van der Waals surface area contributed by atoms with Crippen molar-refractivity contribution in [1.29, 1.82) is 0 Å². The molecule has 6 heteroatoms. The normalized spacial score (nSPS) is 12.1. The lowest BCUT2D eigenvalue weighted by Crippen LogP contribution is -2.34. The number of hydrogen-bond acceptors (Lipinski definition) is 3. The van der Waals surface area contributed by atoms with Crippen LogP contribution in [0.25, 0.3) is 0 Å². The van der Waals surface area contributed by atoms with E-state index in [4.69, 9.17) is 23.2 Å². The van der Waals surface area contributed by atoms with Gasteiger partial charge in [-0.1, -0.05) is 35.3 Å². The summed E-state index contributed by atoms with van der Waals surface area (Å²) in [6.45, 7) is 0.478. The fourth-order valence-corrected chi connectivity index (χ4v) is 3.05. The van der Waals surface area contributed by atoms with Crippen LogP contribution in [0.2, 0.25) is 10.0 Å². The second-order valence-corrected chi connectivity index (χ2v) is 7.14. The van der Waals surface area contributed by atoms with E-state index in [1.165, 1.54) is 0 Å². The van der Waals surface area contributed by atoms with E-state index in [9.17, 15) is 4.79 Å². The number of carbonyl (C=O) groups excluding carboxylic acids is 1. The molecule has 2 rings (SSSR count). The number of benzene rings is 2. The minimum Gasteiger partial charge on any atom is -0.378 e. The van der Waals surface area contributed by atoms with Gasteiger partial charge in [-0.15, -0.1) is 0 Å². The van der Waals surface area contributed by atoms with Crippen molar-refractivity contribution in [3.63, 3.8) is 0 Å². The van der Waals surface area contributed by atoms with Gasteiger partial charge in [-0.25, -0.2) is 0 Å². The van der Waals surface area contributed by atoms with E-state index in [0.717, 1.165) is 11.3 Å². The summed E-state index contributed by atoms with van der Waals surface area (Å²) < 4.78 is 0. The molecule has 0 bridgehead atoms. The lowest BCUT2D eigenvalue weighted by molar-refractivity contribution is 0.0942. The fourth-order valence-electron chi connectivity index (χ4n) is 2.55. The molecule has 134 valence electrons. The van der Waals surface area contributed by atoms with Crippen LogP contribution in [0.15, 0.2) is 42.5 Å². The van der Waals surface area contributed by atoms with Crippen molar-refractivity contribution in [2.75, 3.05) is 39.6 Å². The van der Waals surface area contributed by atoms with Gasteiger partial charge in [0.05, 0.1) is 16.6 Å². The first-order valence-corrected chi connectivity index (χ1v) is 8.72. The van der Waals surface area contributed by atoms with Crippen LogP contribution in [0.4, 0.5) is 5.69 Å². The zero-order valence-corrected chi connectivity index (χ0v) is 16.4. The minimum atomic E-state index is -0.210. The number of hydrogen-bond donors (Lipinski definition) is 1. The molecular formula is C19H23Cl2N3O. The number of carbonyl (C=O) groups is 1. The van der Waals surface area contributed by atoms with Crippen molar-refractivity contribution in [2.24, 2.45) is 0 Å². The monoisotopic (exact) mass is 379 g/mol. The molecule has 0 heterocycles. The standard InChI is InChI=1S/C19H23Cl2N3O/c1-23(2)15-8-5-13(6-9-15)18(24(3)4)12-22-19(25)16-10-7-14(20)11-17(16)21/h5-11,18H,12H2,1-4H3,(H,22,25)/t18-/m0/s1. The third-order valence-corrected chi connectivity index (χ3v) is 4.60. The van der Waals surface area contributed by atoms with Crippen molar-refractivity contribution in [2.45, 2.75) is 6.04 Å². The predicted octanol–water partition coefficient (Wildman–Crippen LogP) is 4.09. The zero-order chi connectivity index (χ0) is 18.6. The molecule has 0 aliphatic rings. The van der Waals surface area contributed by atoms with Crippen molar-refractivity contribution in [1.82, 2.24) is 10.2 Å². The number of likely N-dealkylation sites (N-methyl/N-ethyl adjacent to an activating group) is 1. The Bertz CT molecular complexity index is 730. The summed E-state index contributed by atoms with van der Waals surface area (Å²) >= 11 is 12.0. The molecule has 0 aromatic heterocycles. The minimum absolute atomic E-state index is 0.0613. The molecule has 0 saturated carbocycles. The van der Waals surface area contributed by atoms with Crippen LogP contribution in [0.1, 0.15) is 22.0 Å². The zero-order valence-electron chi connectivity index (χ0n) is 14.9. The number of anilines is 1. The fraction of sp³-hybridized carbons (Fsp3) is 0.316. The molecule has 0 aliphatic carbocycles. The van der Waals surface area contributed by atoms with Gasteiger partial charge in [0, 0.05) is 31.4 Å². The Morgan fingerprint density at radius 1 is 1.04 bits per heavy atom. The van der Waals surface area contributed by atoms with E-state index in [-0.39, 0.29) is 11.9 Å². The molecule has 0 aliphatic heterocycles. The molecule has 4 nitrogen and oxygen atoms in total. The van der Waals surface area contributed by atoms with E-state index >= 15 is 0 Å². The molecule has 0 spiro atoms. The van der Waals surface area contributed by atoms with Gasteiger partial charge in [0.1, 0.15) is 0 Å². The highest BCUT2D eigenvalue weighted by Gasteiger charge is 2.17. The Kier molecular flexibility index (Phi) is 6.71. The molecule has 0 radical (unpaired) electrons. The van der Waals surface area contributed by atoms with Gasteiger partial charge in [-0.3, -0.25) is 4.79 Å². The van der Waals surface area contributed by atoms with Gasteiger partial charge in [-0.05, 0) is 50.0 Å². The first kappa shape index (κ1) is 19.6. The Morgan fingerprint density at radius 2 is 1.68 bits per heavy atom. The van der Waals surface area contributed by atoms with Crippen LogP contribution in [-0.4, -0.2) is 45.5 Å². The smallest absolute Gasteiger partial charge is 0.252 e. The molecular weight excluding hydrogens is 357 g/mol. The van der Waals surface area contributed by atoms with E-state index < -0.39 is 0 Å². The highest BCUT2D eigenvalue weighted by molar-refractivity contribution is 6.36. The molecule has 0 unspecified atom stereocenters. The second-order valence-electron chi connectivity index (χ2n) is 6.30. The summed E-state index contributed by atoms with van der Waals surface area (Å²) in [5.74, 6) is -0.210. The van der Waals surface area contributed by atoms with Gasteiger partial charge < -0.3 is 15.1 Å². The highest BCUT2D eigenvalue weighted by Crippen LogP contribution is 2.23. The summed E-state index contributed by atoms with van der Waals surface area (Å²) in [5, 5.41) is 3.81. The van der Waals surface area contributed by atoms with E-state index in [0.29, 0.717) is 22.2 Å². The molecule has 1 atom stereocenters. The van der Waals surface area contributed by atoms with Gasteiger partial charge in [0.15, 0.2) is 0 Å². The molecule has 1 amide bonds. The first-order chi connectivity index (χ1) is 11.8. The number of nitrogens with one attached hydrogen (secondary N) is 1. The Hall–Kier alpha value is -1.75. The van der Waals surface area contributed by atoms with Gasteiger partial charge >= 0.3 is 0 Å². The largest absolute Gasteiger partial charge is 0.378 e. The van der Waals surface area contributed by atoms with Crippen molar-refractivity contribution in [3.8, 4) is 0 Å². The molecule has 1 N–H and O–H groups in total. The van der Waals surface area contributed by atoms with Crippen LogP contribution in [-0.2, 0) is 0 Å². The van der Waals surface area contributed by atoms with Gasteiger partial charge in [0.2, 0.25) is 0 Å². The topological polar surface area (TPSA) is 35.6 Å². The average molecular weight is 380 g/mol. The predicted molar refractivity (Wildman–Crippen MR) is 106 cm³/mol. The molecule has 25 heavy (non-hydrogen) atoms. The lowest BCUT2D eigenvalue weighted by Gasteiger charge is -2.26. The van der Waals surface area contributed by atoms with Crippen LogP contribution < -0.4 is 10.2 Å². The summed E-state index contributed by atoms with van der Waals surface area (Å²) in [6, 6.07) is 13.2. The Morgan fingerprint density at radius 3 is 2.20 bits per heavy atom.